The Morgan fingerprint density at radius 2 is 1.95 bits per heavy atom. The van der Waals surface area contributed by atoms with Crippen molar-refractivity contribution in [1.29, 1.82) is 5.26 Å². The number of carbonyl (C=O) groups excluding carboxylic acids is 1. The maximum Gasteiger partial charge on any atom is 0.338 e. The minimum Gasteiger partial charge on any atom is -0.461 e. The molecule has 1 rings (SSSR count). The van der Waals surface area contributed by atoms with Crippen molar-refractivity contribution in [1.82, 2.24) is 4.90 Å². The molecule has 0 bridgehead atoms. The van der Waals surface area contributed by atoms with Gasteiger partial charge < -0.3 is 15.0 Å². The number of anilines is 1. The Morgan fingerprint density at radius 1 is 1.29 bits per heavy atom. The van der Waals surface area contributed by atoms with E-state index in [9.17, 15) is 4.79 Å². The smallest absolute Gasteiger partial charge is 0.338 e. The van der Waals surface area contributed by atoms with Crippen LogP contribution in [-0.4, -0.2) is 43.7 Å². The molecule has 0 atom stereocenters. The second-order valence-electron chi connectivity index (χ2n) is 4.58. The van der Waals surface area contributed by atoms with Gasteiger partial charge in [-0.3, -0.25) is 0 Å². The first-order valence-electron chi connectivity index (χ1n) is 7.31. The van der Waals surface area contributed by atoms with Gasteiger partial charge in [-0.15, -0.1) is 0 Å². The number of nitrogens with one attached hydrogen (secondary N) is 1. The molecule has 0 radical (unpaired) electrons. The van der Waals surface area contributed by atoms with Crippen molar-refractivity contribution < 1.29 is 9.53 Å². The van der Waals surface area contributed by atoms with Crippen molar-refractivity contribution in [3.8, 4) is 6.07 Å². The summed E-state index contributed by atoms with van der Waals surface area (Å²) in [4.78, 5) is 14.1. The van der Waals surface area contributed by atoms with Crippen LogP contribution in [0.4, 0.5) is 5.69 Å². The SMILES string of the molecule is CCN(CC)CCOC(=O)c1ccc(NCCC#N)cc1. The van der Waals surface area contributed by atoms with Gasteiger partial charge >= 0.3 is 5.97 Å². The first-order valence-corrected chi connectivity index (χ1v) is 7.31. The normalized spacial score (nSPS) is 10.2. The maximum absolute atomic E-state index is 11.9. The number of esters is 1. The van der Waals surface area contributed by atoms with Crippen LogP contribution in [0, 0.1) is 11.3 Å². The van der Waals surface area contributed by atoms with Gasteiger partial charge in [0.15, 0.2) is 0 Å². The van der Waals surface area contributed by atoms with Crippen LogP contribution in [0.2, 0.25) is 0 Å². The highest BCUT2D eigenvalue weighted by Gasteiger charge is 2.07. The Bertz CT molecular complexity index is 461. The minimum atomic E-state index is -0.300. The maximum atomic E-state index is 11.9. The zero-order chi connectivity index (χ0) is 15.5. The second kappa shape index (κ2) is 9.78. The minimum absolute atomic E-state index is 0.300. The van der Waals surface area contributed by atoms with Crippen LogP contribution in [0.3, 0.4) is 0 Å². The molecule has 0 fully saturated rings. The van der Waals surface area contributed by atoms with E-state index in [2.05, 4.69) is 30.1 Å². The van der Waals surface area contributed by atoms with Crippen LogP contribution in [0.25, 0.3) is 0 Å². The summed E-state index contributed by atoms with van der Waals surface area (Å²) in [6, 6.07) is 9.17. The topological polar surface area (TPSA) is 65.4 Å². The molecule has 21 heavy (non-hydrogen) atoms. The van der Waals surface area contributed by atoms with Crippen molar-refractivity contribution in [2.24, 2.45) is 0 Å². The molecule has 1 N–H and O–H groups in total. The van der Waals surface area contributed by atoms with Crippen LogP contribution < -0.4 is 5.32 Å². The van der Waals surface area contributed by atoms with Gasteiger partial charge in [-0.2, -0.15) is 5.26 Å². The second-order valence-corrected chi connectivity index (χ2v) is 4.58. The Hall–Kier alpha value is -2.06. The van der Waals surface area contributed by atoms with Crippen LogP contribution in [0.1, 0.15) is 30.6 Å². The van der Waals surface area contributed by atoms with Gasteiger partial charge in [-0.1, -0.05) is 13.8 Å². The summed E-state index contributed by atoms with van der Waals surface area (Å²) in [5.74, 6) is -0.300. The fourth-order valence-corrected chi connectivity index (χ4v) is 1.88. The Labute approximate surface area is 126 Å². The van der Waals surface area contributed by atoms with E-state index >= 15 is 0 Å². The first-order chi connectivity index (χ1) is 10.2. The molecule has 5 heteroatoms. The summed E-state index contributed by atoms with van der Waals surface area (Å²) in [6.45, 7) is 7.85. The van der Waals surface area contributed by atoms with E-state index in [4.69, 9.17) is 10.00 Å². The molecule has 1 aromatic carbocycles. The molecule has 0 aliphatic carbocycles. The number of likely N-dealkylation sites (N-methyl/N-ethyl adjacent to an activating group) is 1. The number of rotatable bonds is 9. The lowest BCUT2D eigenvalue weighted by Crippen LogP contribution is -2.27. The predicted molar refractivity (Wildman–Crippen MR) is 83.2 cm³/mol. The van der Waals surface area contributed by atoms with Crippen molar-refractivity contribution >= 4 is 11.7 Å². The van der Waals surface area contributed by atoms with Gasteiger partial charge in [0.25, 0.3) is 0 Å². The van der Waals surface area contributed by atoms with Gasteiger partial charge in [0.05, 0.1) is 18.1 Å². The van der Waals surface area contributed by atoms with E-state index in [1.54, 1.807) is 12.1 Å². The molecule has 114 valence electrons. The van der Waals surface area contributed by atoms with Crippen LogP contribution >= 0.6 is 0 Å². The van der Waals surface area contributed by atoms with Crippen LogP contribution in [0.15, 0.2) is 24.3 Å². The average Bonchev–Trinajstić information content (AvgIpc) is 2.52. The summed E-state index contributed by atoms with van der Waals surface area (Å²) in [6.07, 6.45) is 0.454. The molecule has 0 saturated carbocycles. The molecule has 0 heterocycles. The highest BCUT2D eigenvalue weighted by Crippen LogP contribution is 2.10. The Balaban J connectivity index is 2.39. The van der Waals surface area contributed by atoms with Gasteiger partial charge in [0.2, 0.25) is 0 Å². The van der Waals surface area contributed by atoms with E-state index in [1.807, 2.05) is 12.1 Å². The Morgan fingerprint density at radius 3 is 2.52 bits per heavy atom. The summed E-state index contributed by atoms with van der Waals surface area (Å²) in [5, 5.41) is 11.6. The molecule has 0 aromatic heterocycles. The molecular formula is C16H23N3O2. The highest BCUT2D eigenvalue weighted by molar-refractivity contribution is 5.89. The monoisotopic (exact) mass is 289 g/mol. The molecular weight excluding hydrogens is 266 g/mol. The van der Waals surface area contributed by atoms with Crippen molar-refractivity contribution in [3.63, 3.8) is 0 Å². The van der Waals surface area contributed by atoms with E-state index in [1.165, 1.54) is 0 Å². The lowest BCUT2D eigenvalue weighted by Gasteiger charge is -2.17. The number of hydrogen-bond donors (Lipinski definition) is 1. The number of nitriles is 1. The summed E-state index contributed by atoms with van der Waals surface area (Å²) >= 11 is 0. The van der Waals surface area contributed by atoms with Crippen molar-refractivity contribution in [2.45, 2.75) is 20.3 Å². The molecule has 1 aromatic rings. The number of ether oxygens (including phenoxy) is 1. The molecule has 5 nitrogen and oxygen atoms in total. The number of nitrogens with zero attached hydrogens (tertiary/aromatic N) is 2. The zero-order valence-corrected chi connectivity index (χ0v) is 12.8. The number of hydrogen-bond acceptors (Lipinski definition) is 5. The van der Waals surface area contributed by atoms with Crippen molar-refractivity contribution in [3.05, 3.63) is 29.8 Å². The first kappa shape index (κ1) is 17.0. The van der Waals surface area contributed by atoms with Gasteiger partial charge in [0, 0.05) is 18.8 Å². The largest absolute Gasteiger partial charge is 0.461 e. The third-order valence-corrected chi connectivity index (χ3v) is 3.22. The molecule has 0 aliphatic heterocycles. The zero-order valence-electron chi connectivity index (χ0n) is 12.8. The van der Waals surface area contributed by atoms with E-state index < -0.39 is 0 Å². The fourth-order valence-electron chi connectivity index (χ4n) is 1.88. The highest BCUT2D eigenvalue weighted by atomic mass is 16.5. The van der Waals surface area contributed by atoms with Gasteiger partial charge in [-0.05, 0) is 37.4 Å². The average molecular weight is 289 g/mol. The van der Waals surface area contributed by atoms with E-state index in [-0.39, 0.29) is 5.97 Å². The third-order valence-electron chi connectivity index (χ3n) is 3.22. The fraction of sp³-hybridized carbons (Fsp3) is 0.500. The van der Waals surface area contributed by atoms with Crippen molar-refractivity contribution in [2.75, 3.05) is 38.1 Å². The molecule has 0 saturated heterocycles. The summed E-state index contributed by atoms with van der Waals surface area (Å²) in [7, 11) is 0. The Kier molecular flexibility index (Phi) is 7.92. The molecule has 0 aliphatic rings. The van der Waals surface area contributed by atoms with Crippen LogP contribution in [-0.2, 0) is 4.74 Å². The predicted octanol–water partition coefficient (Wildman–Crippen LogP) is 2.51. The van der Waals surface area contributed by atoms with E-state index in [0.717, 1.165) is 25.3 Å². The summed E-state index contributed by atoms with van der Waals surface area (Å²) in [5.41, 5.74) is 1.44. The lowest BCUT2D eigenvalue weighted by molar-refractivity contribution is 0.0466. The molecule has 0 unspecified atom stereocenters. The van der Waals surface area contributed by atoms with E-state index in [0.29, 0.717) is 25.1 Å². The number of carbonyl (C=O) groups is 1. The quantitative estimate of drug-likeness (QED) is 0.559. The van der Waals surface area contributed by atoms with Gasteiger partial charge in [0.1, 0.15) is 6.61 Å². The lowest BCUT2D eigenvalue weighted by atomic mass is 10.2. The number of benzene rings is 1. The molecule has 0 amide bonds. The standard InChI is InChI=1S/C16H23N3O2/c1-3-19(4-2)12-13-21-16(20)14-6-8-15(9-7-14)18-11-5-10-17/h6-9,18H,3-5,11-13H2,1-2H3. The van der Waals surface area contributed by atoms with Gasteiger partial charge in [-0.25, -0.2) is 4.79 Å². The molecule has 0 spiro atoms. The third kappa shape index (κ3) is 6.28. The van der Waals surface area contributed by atoms with Crippen LogP contribution in [0.5, 0.6) is 0 Å². The summed E-state index contributed by atoms with van der Waals surface area (Å²) < 4.78 is 5.26.